The predicted octanol–water partition coefficient (Wildman–Crippen LogP) is 5.19. The number of nitrogens with one attached hydrogen (secondary N) is 1. The van der Waals surface area contributed by atoms with E-state index in [1.165, 1.54) is 5.56 Å². The van der Waals surface area contributed by atoms with Gasteiger partial charge in [-0.3, -0.25) is 9.40 Å². The van der Waals surface area contributed by atoms with Crippen molar-refractivity contribution in [3.05, 3.63) is 65.5 Å². The van der Waals surface area contributed by atoms with Gasteiger partial charge in [0.15, 0.2) is 0 Å². The fourth-order valence-corrected chi connectivity index (χ4v) is 4.84. The van der Waals surface area contributed by atoms with Crippen LogP contribution in [0.4, 0.5) is 5.69 Å². The average Bonchev–Trinajstić information content (AvgIpc) is 3.00. The van der Waals surface area contributed by atoms with E-state index in [4.69, 9.17) is 0 Å². The summed E-state index contributed by atoms with van der Waals surface area (Å²) in [5, 5.41) is 4.51. The van der Waals surface area contributed by atoms with Crippen LogP contribution < -0.4 is 4.72 Å². The minimum atomic E-state index is -3.73. The molecule has 1 N–H and O–H groups in total. The molecule has 0 fully saturated rings. The topological polar surface area (TPSA) is 67.2 Å². The molecule has 3 rings (SSSR count). The van der Waals surface area contributed by atoms with Gasteiger partial charge < -0.3 is 4.90 Å². The molecule has 0 aliphatic carbocycles. The number of hydrogen-bond donors (Lipinski definition) is 1. The SMILES string of the molecule is Cc1c(NS(=O)(=O)c2ccc(-c3cccc(C(C)(C)N(C)C)c3)cc2)c(CC(C)C)nn1C. The first-order valence-corrected chi connectivity index (χ1v) is 12.7. The Labute approximate surface area is 198 Å². The van der Waals surface area contributed by atoms with E-state index in [2.05, 4.69) is 68.6 Å². The van der Waals surface area contributed by atoms with E-state index in [0.29, 0.717) is 18.0 Å². The van der Waals surface area contributed by atoms with Crippen LogP contribution >= 0.6 is 0 Å². The first-order chi connectivity index (χ1) is 15.3. The highest BCUT2D eigenvalue weighted by atomic mass is 32.2. The van der Waals surface area contributed by atoms with E-state index < -0.39 is 10.0 Å². The summed E-state index contributed by atoms with van der Waals surface area (Å²) in [6.07, 6.45) is 0.706. The van der Waals surface area contributed by atoms with Crippen molar-refractivity contribution in [2.75, 3.05) is 18.8 Å². The van der Waals surface area contributed by atoms with E-state index in [0.717, 1.165) is 22.5 Å². The first kappa shape index (κ1) is 25.0. The van der Waals surface area contributed by atoms with Gasteiger partial charge in [0, 0.05) is 12.6 Å². The molecule has 1 aromatic heterocycles. The van der Waals surface area contributed by atoms with Crippen LogP contribution in [0.3, 0.4) is 0 Å². The van der Waals surface area contributed by atoms with Crippen molar-refractivity contribution in [1.29, 1.82) is 0 Å². The maximum atomic E-state index is 13.2. The van der Waals surface area contributed by atoms with E-state index in [1.807, 2.05) is 38.2 Å². The minimum absolute atomic E-state index is 0.113. The number of aryl methyl sites for hydroxylation is 1. The van der Waals surface area contributed by atoms with Crippen molar-refractivity contribution in [2.45, 2.75) is 51.5 Å². The summed E-state index contributed by atoms with van der Waals surface area (Å²) in [7, 11) is 2.23. The lowest BCUT2D eigenvalue weighted by atomic mass is 9.90. The molecule has 0 saturated heterocycles. The lowest BCUT2D eigenvalue weighted by Gasteiger charge is -2.33. The Hall–Kier alpha value is -2.64. The van der Waals surface area contributed by atoms with E-state index >= 15 is 0 Å². The van der Waals surface area contributed by atoms with E-state index in [-0.39, 0.29) is 10.4 Å². The maximum absolute atomic E-state index is 13.2. The van der Waals surface area contributed by atoms with Gasteiger partial charge in [0.25, 0.3) is 10.0 Å². The summed E-state index contributed by atoms with van der Waals surface area (Å²) in [5.74, 6) is 0.370. The Morgan fingerprint density at radius 2 is 1.70 bits per heavy atom. The van der Waals surface area contributed by atoms with Gasteiger partial charge in [-0.15, -0.1) is 0 Å². The summed E-state index contributed by atoms with van der Waals surface area (Å²) >= 11 is 0. The lowest BCUT2D eigenvalue weighted by molar-refractivity contribution is 0.198. The number of anilines is 1. The van der Waals surface area contributed by atoms with Crippen molar-refractivity contribution < 1.29 is 8.42 Å². The summed E-state index contributed by atoms with van der Waals surface area (Å²) in [4.78, 5) is 2.41. The Bertz CT molecular complexity index is 1220. The van der Waals surface area contributed by atoms with Crippen LogP contribution in [0.1, 0.15) is 44.6 Å². The molecule has 7 heteroatoms. The van der Waals surface area contributed by atoms with Crippen LogP contribution in [0, 0.1) is 12.8 Å². The number of sulfonamides is 1. The molecule has 0 bridgehead atoms. The second-order valence-corrected chi connectivity index (χ2v) is 11.5. The number of aromatic nitrogens is 2. The molecule has 0 spiro atoms. The van der Waals surface area contributed by atoms with Gasteiger partial charge in [0.1, 0.15) is 0 Å². The fourth-order valence-electron chi connectivity index (χ4n) is 3.70. The summed E-state index contributed by atoms with van der Waals surface area (Å²) in [6.45, 7) is 10.4. The number of hydrogen-bond acceptors (Lipinski definition) is 4. The quantitative estimate of drug-likeness (QED) is 0.494. The third kappa shape index (κ3) is 5.31. The molecule has 0 saturated carbocycles. The van der Waals surface area contributed by atoms with Crippen molar-refractivity contribution in [1.82, 2.24) is 14.7 Å². The van der Waals surface area contributed by atoms with Gasteiger partial charge >= 0.3 is 0 Å². The van der Waals surface area contributed by atoms with Gasteiger partial charge in [0.05, 0.1) is 22.0 Å². The second-order valence-electron chi connectivity index (χ2n) is 9.79. The van der Waals surface area contributed by atoms with Crippen molar-refractivity contribution in [2.24, 2.45) is 13.0 Å². The van der Waals surface area contributed by atoms with Crippen LogP contribution in [0.2, 0.25) is 0 Å². The highest BCUT2D eigenvalue weighted by Crippen LogP contribution is 2.31. The zero-order valence-electron chi connectivity index (χ0n) is 21.0. The Morgan fingerprint density at radius 1 is 1.06 bits per heavy atom. The summed E-state index contributed by atoms with van der Waals surface area (Å²) < 4.78 is 30.8. The van der Waals surface area contributed by atoms with Crippen LogP contribution in [0.5, 0.6) is 0 Å². The lowest BCUT2D eigenvalue weighted by Crippen LogP contribution is -2.35. The molecule has 6 nitrogen and oxygen atoms in total. The second kappa shape index (κ2) is 9.31. The van der Waals surface area contributed by atoms with Crippen LogP contribution in [-0.4, -0.2) is 37.2 Å². The third-order valence-electron chi connectivity index (χ3n) is 6.43. The van der Waals surface area contributed by atoms with Gasteiger partial charge in [-0.05, 0) is 82.1 Å². The molecule has 33 heavy (non-hydrogen) atoms. The van der Waals surface area contributed by atoms with Gasteiger partial charge in [0.2, 0.25) is 0 Å². The predicted molar refractivity (Wildman–Crippen MR) is 136 cm³/mol. The zero-order chi connectivity index (χ0) is 24.6. The normalized spacial score (nSPS) is 12.5. The molecule has 0 aliphatic heterocycles. The Kier molecular flexibility index (Phi) is 7.05. The van der Waals surface area contributed by atoms with E-state index in [1.54, 1.807) is 16.8 Å². The largest absolute Gasteiger partial charge is 0.300 e. The molecule has 0 unspecified atom stereocenters. The molecule has 0 atom stereocenters. The molecule has 3 aromatic rings. The summed E-state index contributed by atoms with van der Waals surface area (Å²) in [6, 6.07) is 15.4. The monoisotopic (exact) mass is 468 g/mol. The highest BCUT2D eigenvalue weighted by molar-refractivity contribution is 7.92. The van der Waals surface area contributed by atoms with Crippen LogP contribution in [-0.2, 0) is 29.0 Å². The van der Waals surface area contributed by atoms with Gasteiger partial charge in [-0.25, -0.2) is 8.42 Å². The summed E-state index contributed by atoms with van der Waals surface area (Å²) in [5.41, 5.74) is 5.27. The molecule has 0 aliphatic rings. The van der Waals surface area contributed by atoms with Gasteiger partial charge in [-0.1, -0.05) is 44.2 Å². The number of rotatable bonds is 8. The molecule has 0 amide bonds. The maximum Gasteiger partial charge on any atom is 0.262 e. The van der Waals surface area contributed by atoms with Gasteiger partial charge in [-0.2, -0.15) is 5.10 Å². The average molecular weight is 469 g/mol. The standard InChI is InChI=1S/C26H36N4O2S/c1-18(2)16-24-25(19(3)30(8)27-24)28-33(31,32)23-14-12-20(13-15-23)21-10-9-11-22(17-21)26(4,5)29(6)7/h9-15,17-18,28H,16H2,1-8H3. The molecule has 1 heterocycles. The molecule has 2 aromatic carbocycles. The Morgan fingerprint density at radius 3 is 2.27 bits per heavy atom. The fraction of sp³-hybridized carbons (Fsp3) is 0.423. The first-order valence-electron chi connectivity index (χ1n) is 11.3. The van der Waals surface area contributed by atoms with Crippen LogP contribution in [0.25, 0.3) is 11.1 Å². The smallest absolute Gasteiger partial charge is 0.262 e. The zero-order valence-corrected chi connectivity index (χ0v) is 21.8. The van der Waals surface area contributed by atoms with Crippen molar-refractivity contribution in [3.8, 4) is 11.1 Å². The third-order valence-corrected chi connectivity index (χ3v) is 7.80. The van der Waals surface area contributed by atoms with E-state index in [9.17, 15) is 8.42 Å². The highest BCUT2D eigenvalue weighted by Gasteiger charge is 2.24. The molecule has 178 valence electrons. The number of nitrogens with zero attached hydrogens (tertiary/aromatic N) is 3. The Balaban J connectivity index is 1.89. The van der Waals surface area contributed by atoms with Crippen LogP contribution in [0.15, 0.2) is 53.4 Å². The minimum Gasteiger partial charge on any atom is -0.300 e. The van der Waals surface area contributed by atoms with Crippen molar-refractivity contribution in [3.63, 3.8) is 0 Å². The molecular weight excluding hydrogens is 432 g/mol. The van der Waals surface area contributed by atoms with Crippen molar-refractivity contribution >= 4 is 15.7 Å². The number of benzene rings is 2. The molecular formula is C26H36N4O2S. The molecule has 0 radical (unpaired) electrons.